The summed E-state index contributed by atoms with van der Waals surface area (Å²) in [6, 6.07) is 13.5. The highest BCUT2D eigenvalue weighted by atomic mass is 35.5. The van der Waals surface area contributed by atoms with Crippen LogP contribution in [0.3, 0.4) is 0 Å². The highest BCUT2D eigenvalue weighted by Crippen LogP contribution is 2.21. The van der Waals surface area contributed by atoms with Gasteiger partial charge in [-0.2, -0.15) is 0 Å². The molecule has 3 rings (SSSR count). The van der Waals surface area contributed by atoms with Crippen LogP contribution < -0.4 is 5.32 Å². The lowest BCUT2D eigenvalue weighted by Gasteiger charge is -2.35. The third-order valence-corrected chi connectivity index (χ3v) is 5.36. The minimum absolute atomic E-state index is 0.00996. The van der Waals surface area contributed by atoms with Crippen molar-refractivity contribution in [2.45, 2.75) is 25.9 Å². The molecule has 1 aliphatic rings. The van der Waals surface area contributed by atoms with Gasteiger partial charge in [-0.15, -0.1) is 0 Å². The van der Waals surface area contributed by atoms with Crippen LogP contribution in [-0.4, -0.2) is 47.8 Å². The van der Waals surface area contributed by atoms with E-state index in [2.05, 4.69) is 10.2 Å². The second-order valence-electron chi connectivity index (χ2n) is 7.26. The standard InChI is InChI=1S/C22H25ClFN3O2/c1-16(28)25-21(17-6-8-19(23)9-7-17)14-22(29)27-12-10-26(11-13-27)15-18-4-2-3-5-20(18)24/h2-9,21H,10-15H2,1H3,(H,25,28)/t21-/m0/s1. The molecule has 0 saturated carbocycles. The van der Waals surface area contributed by atoms with E-state index in [-0.39, 0.29) is 24.1 Å². The van der Waals surface area contributed by atoms with Crippen molar-refractivity contribution in [3.05, 3.63) is 70.5 Å². The highest BCUT2D eigenvalue weighted by Gasteiger charge is 2.25. The Morgan fingerprint density at radius 1 is 1.07 bits per heavy atom. The first-order valence-electron chi connectivity index (χ1n) is 9.68. The molecule has 7 heteroatoms. The molecule has 29 heavy (non-hydrogen) atoms. The summed E-state index contributed by atoms with van der Waals surface area (Å²) in [5.74, 6) is -0.399. The van der Waals surface area contributed by atoms with Crippen LogP contribution in [-0.2, 0) is 16.1 Å². The molecular formula is C22H25ClFN3O2. The molecule has 0 radical (unpaired) electrons. The Kier molecular flexibility index (Phi) is 7.23. The number of nitrogens with one attached hydrogen (secondary N) is 1. The maximum absolute atomic E-state index is 13.8. The number of halogens is 2. The van der Waals surface area contributed by atoms with Gasteiger partial charge in [0.05, 0.1) is 12.5 Å². The second-order valence-corrected chi connectivity index (χ2v) is 7.69. The Hall–Kier alpha value is -2.44. The lowest BCUT2D eigenvalue weighted by molar-refractivity contribution is -0.133. The van der Waals surface area contributed by atoms with Gasteiger partial charge in [0.1, 0.15) is 5.82 Å². The van der Waals surface area contributed by atoms with E-state index in [4.69, 9.17) is 11.6 Å². The van der Waals surface area contributed by atoms with Crippen LogP contribution in [0.15, 0.2) is 48.5 Å². The quantitative estimate of drug-likeness (QED) is 0.783. The van der Waals surface area contributed by atoms with Gasteiger partial charge >= 0.3 is 0 Å². The largest absolute Gasteiger partial charge is 0.349 e. The minimum Gasteiger partial charge on any atom is -0.349 e. The molecule has 1 N–H and O–H groups in total. The van der Waals surface area contributed by atoms with Gasteiger partial charge in [0, 0.05) is 50.2 Å². The van der Waals surface area contributed by atoms with E-state index >= 15 is 0 Å². The lowest BCUT2D eigenvalue weighted by atomic mass is 10.0. The molecule has 2 aromatic carbocycles. The molecule has 0 spiro atoms. The van der Waals surface area contributed by atoms with E-state index in [1.165, 1.54) is 13.0 Å². The molecule has 0 aliphatic carbocycles. The number of benzene rings is 2. The van der Waals surface area contributed by atoms with Gasteiger partial charge in [-0.05, 0) is 23.8 Å². The number of rotatable bonds is 6. The van der Waals surface area contributed by atoms with Gasteiger partial charge in [0.15, 0.2) is 0 Å². The molecule has 1 fully saturated rings. The van der Waals surface area contributed by atoms with E-state index in [0.29, 0.717) is 43.3 Å². The molecule has 154 valence electrons. The van der Waals surface area contributed by atoms with Crippen molar-refractivity contribution >= 4 is 23.4 Å². The van der Waals surface area contributed by atoms with Gasteiger partial charge in [-0.25, -0.2) is 4.39 Å². The minimum atomic E-state index is -0.395. The zero-order chi connectivity index (χ0) is 20.8. The van der Waals surface area contributed by atoms with Crippen LogP contribution in [0.1, 0.15) is 30.5 Å². The summed E-state index contributed by atoms with van der Waals surface area (Å²) >= 11 is 5.94. The number of hydrogen-bond acceptors (Lipinski definition) is 3. The molecule has 5 nitrogen and oxygen atoms in total. The second kappa shape index (κ2) is 9.85. The molecule has 0 unspecified atom stereocenters. The first kappa shape index (κ1) is 21.3. The van der Waals surface area contributed by atoms with E-state index in [1.54, 1.807) is 24.3 Å². The van der Waals surface area contributed by atoms with Crippen molar-refractivity contribution in [3.63, 3.8) is 0 Å². The van der Waals surface area contributed by atoms with Crippen molar-refractivity contribution < 1.29 is 14.0 Å². The number of piperazine rings is 1. The first-order valence-corrected chi connectivity index (χ1v) is 10.1. The zero-order valence-electron chi connectivity index (χ0n) is 16.4. The Labute approximate surface area is 175 Å². The van der Waals surface area contributed by atoms with E-state index < -0.39 is 6.04 Å². The van der Waals surface area contributed by atoms with E-state index in [9.17, 15) is 14.0 Å². The maximum atomic E-state index is 13.8. The molecule has 1 atom stereocenters. The molecule has 2 aromatic rings. The third kappa shape index (κ3) is 6.02. The average molecular weight is 418 g/mol. The van der Waals surface area contributed by atoms with Crippen LogP contribution in [0, 0.1) is 5.82 Å². The van der Waals surface area contributed by atoms with Crippen LogP contribution in [0.25, 0.3) is 0 Å². The Morgan fingerprint density at radius 3 is 2.34 bits per heavy atom. The SMILES string of the molecule is CC(=O)N[C@@H](CC(=O)N1CCN(Cc2ccccc2F)CC1)c1ccc(Cl)cc1. The van der Waals surface area contributed by atoms with Crippen LogP contribution >= 0.6 is 11.6 Å². The third-order valence-electron chi connectivity index (χ3n) is 5.11. The monoisotopic (exact) mass is 417 g/mol. The molecule has 1 saturated heterocycles. The van der Waals surface area contributed by atoms with Crippen molar-refractivity contribution in [1.29, 1.82) is 0 Å². The summed E-state index contributed by atoms with van der Waals surface area (Å²) in [7, 11) is 0. The highest BCUT2D eigenvalue weighted by molar-refractivity contribution is 6.30. The fourth-order valence-corrected chi connectivity index (χ4v) is 3.65. The van der Waals surface area contributed by atoms with Gasteiger partial charge in [-0.3, -0.25) is 14.5 Å². The predicted molar refractivity (Wildman–Crippen MR) is 111 cm³/mol. The summed E-state index contributed by atoms with van der Waals surface area (Å²) in [6.45, 7) is 4.52. The topological polar surface area (TPSA) is 52.7 Å². The summed E-state index contributed by atoms with van der Waals surface area (Å²) in [6.07, 6.45) is 0.189. The van der Waals surface area contributed by atoms with Crippen LogP contribution in [0.4, 0.5) is 4.39 Å². The van der Waals surface area contributed by atoms with E-state index in [1.807, 2.05) is 23.1 Å². The van der Waals surface area contributed by atoms with Crippen LogP contribution in [0.5, 0.6) is 0 Å². The van der Waals surface area contributed by atoms with Crippen LogP contribution in [0.2, 0.25) is 5.02 Å². The lowest BCUT2D eigenvalue weighted by Crippen LogP contribution is -2.49. The maximum Gasteiger partial charge on any atom is 0.225 e. The van der Waals surface area contributed by atoms with Gasteiger partial charge < -0.3 is 10.2 Å². The molecule has 2 amide bonds. The van der Waals surface area contributed by atoms with Crippen molar-refractivity contribution in [1.82, 2.24) is 15.1 Å². The first-order chi connectivity index (χ1) is 13.9. The summed E-state index contributed by atoms with van der Waals surface area (Å²) in [5, 5.41) is 3.46. The molecular weight excluding hydrogens is 393 g/mol. The summed E-state index contributed by atoms with van der Waals surface area (Å²) in [4.78, 5) is 28.4. The Bertz CT molecular complexity index is 851. The smallest absolute Gasteiger partial charge is 0.225 e. The average Bonchev–Trinajstić information content (AvgIpc) is 2.70. The number of hydrogen-bond donors (Lipinski definition) is 1. The number of amides is 2. The zero-order valence-corrected chi connectivity index (χ0v) is 17.2. The molecule has 0 aromatic heterocycles. The predicted octanol–water partition coefficient (Wildman–Crippen LogP) is 3.39. The van der Waals surface area contributed by atoms with Gasteiger partial charge in [-0.1, -0.05) is 41.9 Å². The summed E-state index contributed by atoms with van der Waals surface area (Å²) < 4.78 is 13.8. The summed E-state index contributed by atoms with van der Waals surface area (Å²) in [5.41, 5.74) is 1.51. The molecule has 1 heterocycles. The Balaban J connectivity index is 1.56. The van der Waals surface area contributed by atoms with Crippen molar-refractivity contribution in [3.8, 4) is 0 Å². The fourth-order valence-electron chi connectivity index (χ4n) is 3.52. The molecule has 0 bridgehead atoms. The number of carbonyl (C=O) groups excluding carboxylic acids is 2. The number of carbonyl (C=O) groups is 2. The fraction of sp³-hybridized carbons (Fsp3) is 0.364. The Morgan fingerprint density at radius 2 is 1.72 bits per heavy atom. The van der Waals surface area contributed by atoms with Gasteiger partial charge in [0.2, 0.25) is 11.8 Å². The van der Waals surface area contributed by atoms with Crippen molar-refractivity contribution in [2.75, 3.05) is 26.2 Å². The normalized spacial score (nSPS) is 15.8. The molecule has 1 aliphatic heterocycles. The van der Waals surface area contributed by atoms with E-state index in [0.717, 1.165) is 5.56 Å². The van der Waals surface area contributed by atoms with Crippen molar-refractivity contribution in [2.24, 2.45) is 0 Å². The van der Waals surface area contributed by atoms with Gasteiger partial charge in [0.25, 0.3) is 0 Å². The number of nitrogens with zero attached hydrogens (tertiary/aromatic N) is 2.